The van der Waals surface area contributed by atoms with Gasteiger partial charge in [0, 0.05) is 24.7 Å². The fourth-order valence-electron chi connectivity index (χ4n) is 3.13. The molecule has 6 heteroatoms. The van der Waals surface area contributed by atoms with E-state index in [0.717, 1.165) is 25.2 Å². The lowest BCUT2D eigenvalue weighted by molar-refractivity contribution is -0.117. The van der Waals surface area contributed by atoms with Gasteiger partial charge in [-0.1, -0.05) is 30.2 Å². The highest BCUT2D eigenvalue weighted by atomic mass is 35.5. The number of nitrogens with zero attached hydrogens (tertiary/aromatic N) is 2. The number of piperidine rings is 1. The molecule has 1 fully saturated rings. The SMILES string of the molecule is N#C/C(=C/c1ccc(-c2ccccc2Cl)o1)C(=O)NCCN1CCCCC1. The molecular weight excluding hydrogens is 362 g/mol. The quantitative estimate of drug-likeness (QED) is 0.602. The molecule has 0 saturated carbocycles. The predicted molar refractivity (Wildman–Crippen MR) is 106 cm³/mol. The van der Waals surface area contributed by atoms with Crippen LogP contribution in [0.3, 0.4) is 0 Å². The second-order valence-corrected chi connectivity index (χ2v) is 6.92. The molecule has 1 aromatic carbocycles. The van der Waals surface area contributed by atoms with Crippen molar-refractivity contribution in [3.05, 3.63) is 52.8 Å². The normalized spacial score (nSPS) is 15.3. The molecule has 0 bridgehead atoms. The van der Waals surface area contributed by atoms with Crippen LogP contribution < -0.4 is 5.32 Å². The van der Waals surface area contributed by atoms with Crippen molar-refractivity contribution < 1.29 is 9.21 Å². The van der Waals surface area contributed by atoms with E-state index in [1.165, 1.54) is 25.3 Å². The van der Waals surface area contributed by atoms with Crippen LogP contribution in [-0.4, -0.2) is 37.0 Å². The Morgan fingerprint density at radius 2 is 2.00 bits per heavy atom. The Bertz CT molecular complexity index is 860. The number of hydrogen-bond donors (Lipinski definition) is 1. The van der Waals surface area contributed by atoms with Crippen molar-refractivity contribution in [1.82, 2.24) is 10.2 Å². The van der Waals surface area contributed by atoms with Gasteiger partial charge in [-0.15, -0.1) is 0 Å². The van der Waals surface area contributed by atoms with E-state index >= 15 is 0 Å². The average Bonchev–Trinajstić information content (AvgIpc) is 3.15. The summed E-state index contributed by atoms with van der Waals surface area (Å²) < 4.78 is 5.73. The molecule has 5 nitrogen and oxygen atoms in total. The van der Waals surface area contributed by atoms with E-state index in [0.29, 0.717) is 23.1 Å². The molecule has 1 amide bonds. The lowest BCUT2D eigenvalue weighted by atomic mass is 10.1. The molecule has 140 valence electrons. The van der Waals surface area contributed by atoms with Crippen LogP contribution in [0.5, 0.6) is 0 Å². The first-order valence-electron chi connectivity index (χ1n) is 9.14. The fraction of sp³-hybridized carbons (Fsp3) is 0.333. The molecule has 1 aromatic heterocycles. The first-order chi connectivity index (χ1) is 13.2. The molecule has 1 saturated heterocycles. The molecule has 0 unspecified atom stereocenters. The van der Waals surface area contributed by atoms with Crippen molar-refractivity contribution in [3.8, 4) is 17.4 Å². The number of halogens is 1. The molecule has 0 radical (unpaired) electrons. The van der Waals surface area contributed by atoms with Gasteiger partial charge in [0.05, 0.1) is 5.02 Å². The first-order valence-corrected chi connectivity index (χ1v) is 9.52. The smallest absolute Gasteiger partial charge is 0.262 e. The van der Waals surface area contributed by atoms with Gasteiger partial charge >= 0.3 is 0 Å². The zero-order valence-electron chi connectivity index (χ0n) is 15.1. The van der Waals surface area contributed by atoms with Crippen LogP contribution in [0, 0.1) is 11.3 Å². The second-order valence-electron chi connectivity index (χ2n) is 6.51. The molecule has 1 N–H and O–H groups in total. The molecule has 2 heterocycles. The van der Waals surface area contributed by atoms with Gasteiger partial charge in [-0.25, -0.2) is 0 Å². The zero-order valence-corrected chi connectivity index (χ0v) is 15.8. The van der Waals surface area contributed by atoms with Gasteiger partial charge in [0.25, 0.3) is 5.91 Å². The summed E-state index contributed by atoms with van der Waals surface area (Å²) in [5.74, 6) is 0.646. The van der Waals surface area contributed by atoms with Crippen LogP contribution in [0.25, 0.3) is 17.4 Å². The molecule has 1 aliphatic rings. The summed E-state index contributed by atoms with van der Waals surface area (Å²) in [5.41, 5.74) is 0.789. The Kier molecular flexibility index (Phi) is 6.69. The maximum Gasteiger partial charge on any atom is 0.262 e. The summed E-state index contributed by atoms with van der Waals surface area (Å²) >= 11 is 6.18. The Labute approximate surface area is 164 Å². The number of amides is 1. The number of rotatable bonds is 6. The van der Waals surface area contributed by atoms with Crippen LogP contribution in [0.1, 0.15) is 25.0 Å². The number of likely N-dealkylation sites (tertiary alicyclic amines) is 1. The second kappa shape index (κ2) is 9.40. The Morgan fingerprint density at radius 3 is 2.74 bits per heavy atom. The molecule has 0 spiro atoms. The third-order valence-electron chi connectivity index (χ3n) is 4.58. The molecule has 0 atom stereocenters. The average molecular weight is 384 g/mol. The summed E-state index contributed by atoms with van der Waals surface area (Å²) in [6, 6.07) is 12.8. The summed E-state index contributed by atoms with van der Waals surface area (Å²) in [6.07, 6.45) is 5.16. The molecular formula is C21H22ClN3O2. The lowest BCUT2D eigenvalue weighted by Gasteiger charge is -2.26. The van der Waals surface area contributed by atoms with E-state index < -0.39 is 0 Å². The van der Waals surface area contributed by atoms with E-state index in [-0.39, 0.29) is 11.5 Å². The molecule has 27 heavy (non-hydrogen) atoms. The van der Waals surface area contributed by atoms with Crippen molar-refractivity contribution in [2.45, 2.75) is 19.3 Å². The number of carbonyl (C=O) groups excluding carboxylic acids is 1. The third kappa shape index (κ3) is 5.22. The van der Waals surface area contributed by atoms with Gasteiger partial charge in [-0.05, 0) is 50.2 Å². The topological polar surface area (TPSA) is 69.3 Å². The first kappa shape index (κ1) is 19.2. The Balaban J connectivity index is 1.61. The van der Waals surface area contributed by atoms with E-state index in [1.54, 1.807) is 18.2 Å². The fourth-order valence-corrected chi connectivity index (χ4v) is 3.36. The summed E-state index contributed by atoms with van der Waals surface area (Å²) in [4.78, 5) is 14.6. The van der Waals surface area contributed by atoms with Crippen molar-refractivity contribution >= 4 is 23.6 Å². The summed E-state index contributed by atoms with van der Waals surface area (Å²) in [7, 11) is 0. The van der Waals surface area contributed by atoms with Gasteiger partial charge < -0.3 is 14.6 Å². The highest BCUT2D eigenvalue weighted by Gasteiger charge is 2.13. The summed E-state index contributed by atoms with van der Waals surface area (Å²) in [6.45, 7) is 3.49. The van der Waals surface area contributed by atoms with Gasteiger partial charge in [0.2, 0.25) is 0 Å². The van der Waals surface area contributed by atoms with Crippen LogP contribution >= 0.6 is 11.6 Å². The van der Waals surface area contributed by atoms with Crippen LogP contribution in [0.2, 0.25) is 5.02 Å². The van der Waals surface area contributed by atoms with Crippen LogP contribution in [0.4, 0.5) is 0 Å². The molecule has 2 aromatic rings. The van der Waals surface area contributed by atoms with Gasteiger partial charge in [-0.3, -0.25) is 4.79 Å². The number of nitrogens with one attached hydrogen (secondary N) is 1. The Morgan fingerprint density at radius 1 is 1.22 bits per heavy atom. The number of furan rings is 1. The minimum absolute atomic E-state index is 0.0219. The summed E-state index contributed by atoms with van der Waals surface area (Å²) in [5, 5.41) is 12.7. The largest absolute Gasteiger partial charge is 0.457 e. The zero-order chi connectivity index (χ0) is 19.1. The van der Waals surface area contributed by atoms with Gasteiger partial charge in [-0.2, -0.15) is 5.26 Å². The number of nitriles is 1. The van der Waals surface area contributed by atoms with Crippen LogP contribution in [-0.2, 0) is 4.79 Å². The highest BCUT2D eigenvalue weighted by molar-refractivity contribution is 6.33. The predicted octanol–water partition coefficient (Wildman–Crippen LogP) is 4.11. The number of hydrogen-bond acceptors (Lipinski definition) is 4. The van der Waals surface area contributed by atoms with Crippen molar-refractivity contribution in [2.24, 2.45) is 0 Å². The Hall–Kier alpha value is -2.55. The van der Waals surface area contributed by atoms with Gasteiger partial charge in [0.15, 0.2) is 0 Å². The number of carbonyl (C=O) groups is 1. The molecule has 1 aliphatic heterocycles. The van der Waals surface area contributed by atoms with Crippen LogP contribution in [0.15, 0.2) is 46.4 Å². The minimum atomic E-state index is -0.384. The monoisotopic (exact) mass is 383 g/mol. The van der Waals surface area contributed by atoms with E-state index in [1.807, 2.05) is 24.3 Å². The lowest BCUT2D eigenvalue weighted by Crippen LogP contribution is -2.37. The number of benzene rings is 1. The van der Waals surface area contributed by atoms with E-state index in [2.05, 4.69) is 10.2 Å². The van der Waals surface area contributed by atoms with Crippen molar-refractivity contribution in [1.29, 1.82) is 5.26 Å². The molecule has 0 aliphatic carbocycles. The maximum absolute atomic E-state index is 12.3. The van der Waals surface area contributed by atoms with E-state index in [4.69, 9.17) is 16.0 Å². The van der Waals surface area contributed by atoms with E-state index in [9.17, 15) is 10.1 Å². The van der Waals surface area contributed by atoms with Crippen molar-refractivity contribution in [3.63, 3.8) is 0 Å². The van der Waals surface area contributed by atoms with Gasteiger partial charge in [0.1, 0.15) is 23.2 Å². The maximum atomic E-state index is 12.3. The van der Waals surface area contributed by atoms with Crippen molar-refractivity contribution in [2.75, 3.05) is 26.2 Å². The molecule has 3 rings (SSSR count). The highest BCUT2D eigenvalue weighted by Crippen LogP contribution is 2.29. The third-order valence-corrected chi connectivity index (χ3v) is 4.91. The standard InChI is InChI=1S/C21H22ClN3O2/c22-19-7-3-2-6-18(19)20-9-8-17(27-20)14-16(15-23)21(26)24-10-13-25-11-4-1-5-12-25/h2-3,6-9,14H,1,4-5,10-13H2,(H,24,26)/b16-14-. The minimum Gasteiger partial charge on any atom is -0.457 e.